The van der Waals surface area contributed by atoms with Crippen LogP contribution in [0.4, 0.5) is 0 Å². The smallest absolute Gasteiger partial charge is 0.328 e. The van der Waals surface area contributed by atoms with Crippen LogP contribution in [0, 0.1) is 11.3 Å². The Labute approximate surface area is 108 Å². The number of rotatable bonds is 4. The summed E-state index contributed by atoms with van der Waals surface area (Å²) in [5.41, 5.74) is -0.107. The first kappa shape index (κ1) is 15.0. The van der Waals surface area contributed by atoms with Crippen LogP contribution in [0.15, 0.2) is 0 Å². The minimum Gasteiger partial charge on any atom is -0.480 e. The minimum atomic E-state index is -1.23. The number of hydrogen-bond donors (Lipinski definition) is 3. The molecule has 5 nitrogen and oxygen atoms in total. The first-order chi connectivity index (χ1) is 8.25. The van der Waals surface area contributed by atoms with E-state index >= 15 is 0 Å². The van der Waals surface area contributed by atoms with Crippen LogP contribution in [0.5, 0.6) is 0 Å². The van der Waals surface area contributed by atoms with Crippen LogP contribution in [0.1, 0.15) is 46.5 Å². The fourth-order valence-corrected chi connectivity index (χ4v) is 2.62. The fourth-order valence-electron chi connectivity index (χ4n) is 2.62. The third-order valence-corrected chi connectivity index (χ3v) is 3.87. The molecule has 1 aliphatic carbocycles. The van der Waals surface area contributed by atoms with Crippen LogP contribution >= 0.6 is 0 Å². The minimum absolute atomic E-state index is 0.107. The fraction of sp³-hybridized carbons (Fsp3) is 0.846. The van der Waals surface area contributed by atoms with Gasteiger partial charge in [0.15, 0.2) is 6.04 Å². The van der Waals surface area contributed by atoms with E-state index in [1.54, 1.807) is 0 Å². The van der Waals surface area contributed by atoms with Crippen molar-refractivity contribution >= 4 is 11.9 Å². The van der Waals surface area contributed by atoms with Crippen molar-refractivity contribution in [1.29, 1.82) is 0 Å². The quantitative estimate of drug-likeness (QED) is 0.705. The number of carbonyl (C=O) groups is 2. The van der Waals surface area contributed by atoms with Gasteiger partial charge < -0.3 is 15.5 Å². The lowest BCUT2D eigenvalue weighted by Gasteiger charge is -2.38. The van der Waals surface area contributed by atoms with Crippen molar-refractivity contribution in [2.75, 3.05) is 0 Å². The molecule has 1 rings (SSSR count). The Morgan fingerprint density at radius 2 is 1.94 bits per heavy atom. The van der Waals surface area contributed by atoms with Crippen LogP contribution in [0.25, 0.3) is 0 Å². The molecule has 1 amide bonds. The summed E-state index contributed by atoms with van der Waals surface area (Å²) >= 11 is 0. The lowest BCUT2D eigenvalue weighted by atomic mass is 9.68. The first-order valence-electron chi connectivity index (χ1n) is 6.47. The van der Waals surface area contributed by atoms with E-state index in [-0.39, 0.29) is 17.2 Å². The number of nitrogens with one attached hydrogen (secondary N) is 1. The molecule has 3 N–H and O–H groups in total. The van der Waals surface area contributed by atoms with E-state index in [9.17, 15) is 14.7 Å². The number of aliphatic hydroxyl groups is 1. The third-order valence-electron chi connectivity index (χ3n) is 3.87. The highest BCUT2D eigenvalue weighted by atomic mass is 16.4. The Balaban J connectivity index is 2.71. The Kier molecular flexibility index (Phi) is 4.73. The summed E-state index contributed by atoms with van der Waals surface area (Å²) in [4.78, 5) is 23.1. The summed E-state index contributed by atoms with van der Waals surface area (Å²) in [5.74, 6) is -1.63. The topological polar surface area (TPSA) is 86.6 Å². The van der Waals surface area contributed by atoms with Gasteiger partial charge in [0.1, 0.15) is 0 Å². The van der Waals surface area contributed by atoms with Crippen molar-refractivity contribution in [2.24, 2.45) is 11.3 Å². The van der Waals surface area contributed by atoms with Crippen LogP contribution in [-0.4, -0.2) is 34.2 Å². The highest BCUT2D eigenvalue weighted by Crippen LogP contribution is 2.40. The summed E-state index contributed by atoms with van der Waals surface area (Å²) in [7, 11) is 0. The number of aliphatic hydroxyl groups excluding tert-OH is 1. The maximum atomic E-state index is 12.1. The van der Waals surface area contributed by atoms with E-state index < -0.39 is 18.1 Å². The zero-order valence-corrected chi connectivity index (χ0v) is 11.3. The van der Waals surface area contributed by atoms with E-state index in [4.69, 9.17) is 5.11 Å². The molecule has 0 aromatic carbocycles. The Hall–Kier alpha value is -1.10. The average Bonchev–Trinajstić information content (AvgIpc) is 2.23. The molecule has 0 radical (unpaired) electrons. The number of hydrogen-bond acceptors (Lipinski definition) is 3. The number of carboxylic acids is 1. The molecule has 0 aliphatic heterocycles. The second-order valence-corrected chi connectivity index (χ2v) is 5.85. The van der Waals surface area contributed by atoms with Gasteiger partial charge in [-0.2, -0.15) is 0 Å². The highest BCUT2D eigenvalue weighted by Gasteiger charge is 2.39. The van der Waals surface area contributed by atoms with Gasteiger partial charge in [-0.05, 0) is 25.2 Å². The second-order valence-electron chi connectivity index (χ2n) is 5.85. The molecule has 0 spiro atoms. The number of amides is 1. The molecule has 0 saturated heterocycles. The van der Waals surface area contributed by atoms with Crippen LogP contribution in [0.3, 0.4) is 0 Å². The summed E-state index contributed by atoms with van der Waals surface area (Å²) in [6, 6.07) is -1.23. The molecule has 18 heavy (non-hydrogen) atoms. The van der Waals surface area contributed by atoms with Crippen LogP contribution in [0.2, 0.25) is 0 Å². The Morgan fingerprint density at radius 1 is 1.33 bits per heavy atom. The average molecular weight is 257 g/mol. The zero-order chi connectivity index (χ0) is 13.9. The van der Waals surface area contributed by atoms with Gasteiger partial charge in [0.2, 0.25) is 5.91 Å². The molecule has 5 heteroatoms. The van der Waals surface area contributed by atoms with Gasteiger partial charge in [-0.3, -0.25) is 4.79 Å². The van der Waals surface area contributed by atoms with Crippen molar-refractivity contribution < 1.29 is 19.8 Å². The molecular weight excluding hydrogens is 234 g/mol. The molecule has 0 bridgehead atoms. The van der Waals surface area contributed by atoms with Crippen molar-refractivity contribution in [2.45, 2.75) is 58.6 Å². The largest absolute Gasteiger partial charge is 0.480 e. The molecule has 1 saturated carbocycles. The van der Waals surface area contributed by atoms with Gasteiger partial charge >= 0.3 is 5.97 Å². The summed E-state index contributed by atoms with van der Waals surface area (Å²) < 4.78 is 0. The predicted molar refractivity (Wildman–Crippen MR) is 67.0 cm³/mol. The van der Waals surface area contributed by atoms with E-state index in [0.717, 1.165) is 25.7 Å². The highest BCUT2D eigenvalue weighted by molar-refractivity contribution is 5.85. The normalized spacial score (nSPS) is 26.1. The van der Waals surface area contributed by atoms with E-state index in [1.165, 1.54) is 6.92 Å². The maximum Gasteiger partial charge on any atom is 0.328 e. The summed E-state index contributed by atoms with van der Waals surface area (Å²) in [6.07, 6.45) is 2.75. The Bertz CT molecular complexity index is 325. The summed E-state index contributed by atoms with van der Waals surface area (Å²) in [5, 5.41) is 20.8. The van der Waals surface area contributed by atoms with E-state index in [0.29, 0.717) is 0 Å². The van der Waals surface area contributed by atoms with Crippen molar-refractivity contribution in [3.63, 3.8) is 0 Å². The van der Waals surface area contributed by atoms with Gasteiger partial charge in [0.05, 0.1) is 6.10 Å². The molecule has 0 aromatic rings. The van der Waals surface area contributed by atoms with Gasteiger partial charge in [0, 0.05) is 5.92 Å². The molecule has 1 fully saturated rings. The molecule has 0 heterocycles. The van der Waals surface area contributed by atoms with Crippen molar-refractivity contribution in [1.82, 2.24) is 5.32 Å². The monoisotopic (exact) mass is 257 g/mol. The number of carbonyl (C=O) groups excluding carboxylic acids is 1. The second kappa shape index (κ2) is 5.69. The number of carboxylic acid groups (broad SMARTS) is 1. The Morgan fingerprint density at radius 3 is 2.39 bits per heavy atom. The van der Waals surface area contributed by atoms with Gasteiger partial charge in [0.25, 0.3) is 0 Å². The zero-order valence-electron chi connectivity index (χ0n) is 11.3. The van der Waals surface area contributed by atoms with Gasteiger partial charge in [-0.15, -0.1) is 0 Å². The lowest BCUT2D eigenvalue weighted by molar-refractivity contribution is -0.146. The maximum absolute atomic E-state index is 12.1. The number of aliphatic carboxylic acids is 1. The standard InChI is InChI=1S/C13H23NO4/c1-8(15)10(12(17)18)14-11(16)9-6-4-5-7-13(9,2)3/h8-10,15H,4-7H2,1-3H3,(H,14,16)(H,17,18). The third kappa shape index (κ3) is 3.45. The van der Waals surface area contributed by atoms with Crippen LogP contribution < -0.4 is 5.32 Å². The van der Waals surface area contributed by atoms with Gasteiger partial charge in [-0.25, -0.2) is 4.79 Å². The molecule has 1 aliphatic rings. The van der Waals surface area contributed by atoms with E-state index in [1.807, 2.05) is 13.8 Å². The van der Waals surface area contributed by atoms with Crippen LogP contribution in [-0.2, 0) is 9.59 Å². The SMILES string of the molecule is CC(O)C(NC(=O)C1CCCCC1(C)C)C(=O)O. The first-order valence-corrected chi connectivity index (χ1v) is 6.47. The predicted octanol–water partition coefficient (Wildman–Crippen LogP) is 1.15. The molecular formula is C13H23NO4. The lowest BCUT2D eigenvalue weighted by Crippen LogP contribution is -2.52. The van der Waals surface area contributed by atoms with Gasteiger partial charge in [-0.1, -0.05) is 26.7 Å². The summed E-state index contributed by atoms with van der Waals surface area (Å²) in [6.45, 7) is 5.44. The van der Waals surface area contributed by atoms with Crippen molar-refractivity contribution in [3.8, 4) is 0 Å². The molecule has 3 unspecified atom stereocenters. The van der Waals surface area contributed by atoms with E-state index in [2.05, 4.69) is 5.32 Å². The van der Waals surface area contributed by atoms with Crippen molar-refractivity contribution in [3.05, 3.63) is 0 Å². The molecule has 3 atom stereocenters. The molecule has 0 aromatic heterocycles. The molecule has 104 valence electrons.